The molecular weight excluding hydrogens is 217 g/mol. The van der Waals surface area contributed by atoms with E-state index in [9.17, 15) is 15.2 Å². The van der Waals surface area contributed by atoms with E-state index in [4.69, 9.17) is 4.52 Å². The Kier molecular flexibility index (Phi) is 4.00. The van der Waals surface area contributed by atoms with Crippen LogP contribution in [-0.4, -0.2) is 16.1 Å². The summed E-state index contributed by atoms with van der Waals surface area (Å²) in [6.45, 7) is 1.36. The van der Waals surface area contributed by atoms with Gasteiger partial charge in [-0.1, -0.05) is 12.1 Å². The third kappa shape index (κ3) is 2.88. The fourth-order valence-corrected chi connectivity index (χ4v) is 1.31. The third-order valence-corrected chi connectivity index (χ3v) is 2.40. The summed E-state index contributed by atoms with van der Waals surface area (Å²) in [6.07, 6.45) is -1.12. The van der Waals surface area contributed by atoms with Crippen LogP contribution in [0.15, 0.2) is 24.3 Å². The van der Waals surface area contributed by atoms with Gasteiger partial charge in [0.05, 0.1) is 9.47 Å². The molecule has 0 radical (unpaired) electrons. The van der Waals surface area contributed by atoms with Crippen LogP contribution in [0.3, 0.4) is 0 Å². The quantitative estimate of drug-likeness (QED) is 0.483. The van der Waals surface area contributed by atoms with Gasteiger partial charge < -0.3 is 9.63 Å². The summed E-state index contributed by atoms with van der Waals surface area (Å²) in [5, 5.41) is 20.2. The van der Waals surface area contributed by atoms with Crippen molar-refractivity contribution in [3.8, 4) is 5.75 Å². The van der Waals surface area contributed by atoms with Crippen molar-refractivity contribution in [3.63, 3.8) is 0 Å². The maximum Gasteiger partial charge on any atom is 0.239 e. The van der Waals surface area contributed by atoms with Gasteiger partial charge in [0, 0.05) is 11.8 Å². The second kappa shape index (κ2) is 5.05. The molecule has 0 heterocycles. The van der Waals surface area contributed by atoms with Crippen LogP contribution < -0.4 is 4.52 Å². The van der Waals surface area contributed by atoms with Crippen LogP contribution in [0.2, 0.25) is 0 Å². The zero-order chi connectivity index (χ0) is 11.4. The Labute approximate surface area is 89.5 Å². The molecule has 0 spiro atoms. The molecule has 0 bridgehead atoms. The SMILES string of the molecule is C[C@@H]([C@H](O)c1cccc(OP)c1)[N+](=O)[O-]. The van der Waals surface area contributed by atoms with Crippen molar-refractivity contribution in [2.24, 2.45) is 0 Å². The number of aliphatic hydroxyl groups is 1. The second-order valence-corrected chi connectivity index (χ2v) is 3.40. The molecule has 82 valence electrons. The molecule has 6 heteroatoms. The Morgan fingerprint density at radius 2 is 2.27 bits per heavy atom. The number of rotatable bonds is 4. The molecule has 0 aliphatic carbocycles. The lowest BCUT2D eigenvalue weighted by molar-refractivity contribution is -0.531. The Morgan fingerprint density at radius 1 is 1.60 bits per heavy atom. The Morgan fingerprint density at radius 3 is 2.80 bits per heavy atom. The van der Waals surface area contributed by atoms with Gasteiger partial charge in [0.2, 0.25) is 6.04 Å². The summed E-state index contributed by atoms with van der Waals surface area (Å²) in [4.78, 5) is 9.96. The molecule has 0 aromatic heterocycles. The molecule has 1 unspecified atom stereocenters. The first kappa shape index (κ1) is 11.9. The van der Waals surface area contributed by atoms with E-state index in [-0.39, 0.29) is 0 Å². The fraction of sp³-hybridized carbons (Fsp3) is 0.333. The zero-order valence-corrected chi connectivity index (χ0v) is 9.32. The normalized spacial score (nSPS) is 14.3. The van der Waals surface area contributed by atoms with E-state index in [1.165, 1.54) is 6.92 Å². The molecule has 1 rings (SSSR count). The predicted molar refractivity (Wildman–Crippen MR) is 58.2 cm³/mol. The summed E-state index contributed by atoms with van der Waals surface area (Å²) in [5.41, 5.74) is 0.471. The highest BCUT2D eigenvalue weighted by Gasteiger charge is 2.25. The van der Waals surface area contributed by atoms with Crippen molar-refractivity contribution in [2.75, 3.05) is 0 Å². The predicted octanol–water partition coefficient (Wildman–Crippen LogP) is 1.55. The third-order valence-electron chi connectivity index (χ3n) is 2.13. The lowest BCUT2D eigenvalue weighted by Gasteiger charge is -2.13. The van der Waals surface area contributed by atoms with Crippen molar-refractivity contribution in [1.82, 2.24) is 0 Å². The molecule has 0 saturated carbocycles. The van der Waals surface area contributed by atoms with Crippen LogP contribution >= 0.6 is 9.47 Å². The van der Waals surface area contributed by atoms with Gasteiger partial charge in [0.25, 0.3) is 0 Å². The van der Waals surface area contributed by atoms with E-state index in [2.05, 4.69) is 9.47 Å². The second-order valence-electron chi connectivity index (χ2n) is 3.16. The van der Waals surface area contributed by atoms with Crippen molar-refractivity contribution < 1.29 is 14.6 Å². The molecule has 0 amide bonds. The van der Waals surface area contributed by atoms with E-state index in [1.54, 1.807) is 24.3 Å². The van der Waals surface area contributed by atoms with E-state index >= 15 is 0 Å². The molecule has 1 aromatic rings. The lowest BCUT2D eigenvalue weighted by Crippen LogP contribution is -2.23. The van der Waals surface area contributed by atoms with E-state index < -0.39 is 17.1 Å². The van der Waals surface area contributed by atoms with E-state index in [0.717, 1.165) is 0 Å². The molecule has 15 heavy (non-hydrogen) atoms. The summed E-state index contributed by atoms with van der Waals surface area (Å²) >= 11 is 0. The molecule has 0 aliphatic rings. The van der Waals surface area contributed by atoms with Crippen LogP contribution in [0.1, 0.15) is 18.6 Å². The molecule has 5 nitrogen and oxygen atoms in total. The van der Waals surface area contributed by atoms with Crippen LogP contribution in [0.25, 0.3) is 0 Å². The Bertz CT molecular complexity index is 358. The Hall–Kier alpha value is -1.19. The maximum absolute atomic E-state index is 10.5. The number of nitro groups is 1. The molecule has 3 atom stereocenters. The molecule has 1 aromatic carbocycles. The first-order chi connectivity index (χ1) is 7.06. The van der Waals surface area contributed by atoms with Gasteiger partial charge >= 0.3 is 0 Å². The number of nitrogens with zero attached hydrogens (tertiary/aromatic N) is 1. The molecule has 0 fully saturated rings. The number of hydrogen-bond donors (Lipinski definition) is 1. The largest absolute Gasteiger partial charge is 0.480 e. The van der Waals surface area contributed by atoms with Crippen molar-refractivity contribution in [2.45, 2.75) is 19.1 Å². The number of benzene rings is 1. The van der Waals surface area contributed by atoms with Gasteiger partial charge in [0.15, 0.2) is 0 Å². The number of hydrogen-bond acceptors (Lipinski definition) is 4. The highest BCUT2D eigenvalue weighted by atomic mass is 31.0. The van der Waals surface area contributed by atoms with E-state index in [1.807, 2.05) is 0 Å². The van der Waals surface area contributed by atoms with Crippen LogP contribution in [0.4, 0.5) is 0 Å². The minimum absolute atomic E-state index is 0.471. The summed E-state index contributed by atoms with van der Waals surface area (Å²) in [5.74, 6) is 0.534. The topological polar surface area (TPSA) is 72.6 Å². The monoisotopic (exact) mass is 229 g/mol. The summed E-state index contributed by atoms with van der Waals surface area (Å²) in [7, 11) is 2.08. The maximum atomic E-state index is 10.5. The van der Waals surface area contributed by atoms with Gasteiger partial charge in [-0.15, -0.1) is 0 Å². The first-order valence-electron chi connectivity index (χ1n) is 4.34. The molecule has 0 saturated heterocycles. The van der Waals surface area contributed by atoms with Crippen molar-refractivity contribution in [3.05, 3.63) is 39.9 Å². The average molecular weight is 229 g/mol. The standard InChI is InChI=1S/C9H12NO4P/c1-6(10(12)13)9(11)7-3-2-4-8(5-7)14-15/h2-6,9,11H,15H2,1H3/t6-,9-/m0/s1. The van der Waals surface area contributed by atoms with E-state index in [0.29, 0.717) is 11.3 Å². The van der Waals surface area contributed by atoms with Crippen LogP contribution in [0, 0.1) is 10.1 Å². The van der Waals surface area contributed by atoms with Crippen molar-refractivity contribution in [1.29, 1.82) is 0 Å². The minimum Gasteiger partial charge on any atom is -0.480 e. The van der Waals surface area contributed by atoms with Crippen LogP contribution in [0.5, 0.6) is 5.75 Å². The van der Waals surface area contributed by atoms with Gasteiger partial charge in [-0.05, 0) is 17.7 Å². The van der Waals surface area contributed by atoms with Gasteiger partial charge in [-0.25, -0.2) is 0 Å². The summed E-state index contributed by atoms with van der Waals surface area (Å²) < 4.78 is 4.88. The van der Waals surface area contributed by atoms with Gasteiger partial charge in [-0.2, -0.15) is 0 Å². The van der Waals surface area contributed by atoms with Gasteiger partial charge in [0.1, 0.15) is 11.9 Å². The highest BCUT2D eigenvalue weighted by molar-refractivity contribution is 7.10. The lowest BCUT2D eigenvalue weighted by atomic mass is 10.0. The molecule has 0 aliphatic heterocycles. The molecule has 1 N–H and O–H groups in total. The zero-order valence-electron chi connectivity index (χ0n) is 8.16. The highest BCUT2D eigenvalue weighted by Crippen LogP contribution is 2.23. The smallest absolute Gasteiger partial charge is 0.239 e. The number of aliphatic hydroxyl groups excluding tert-OH is 1. The minimum atomic E-state index is -1.12. The average Bonchev–Trinajstić information content (AvgIpc) is 2.27. The van der Waals surface area contributed by atoms with Crippen LogP contribution in [-0.2, 0) is 0 Å². The Balaban J connectivity index is 2.90. The van der Waals surface area contributed by atoms with Gasteiger partial charge in [-0.3, -0.25) is 10.1 Å². The first-order valence-corrected chi connectivity index (χ1v) is 4.81. The van der Waals surface area contributed by atoms with Crippen molar-refractivity contribution >= 4 is 9.47 Å². The fourth-order valence-electron chi connectivity index (χ4n) is 1.17. The summed E-state index contributed by atoms with van der Waals surface area (Å²) in [6, 6.07) is 5.52. The molecular formula is C9H12NO4P.